The van der Waals surface area contributed by atoms with Crippen molar-refractivity contribution in [3.05, 3.63) is 64.7 Å². The molecular formula is C36H47ClN2O8. The highest BCUT2D eigenvalue weighted by Crippen LogP contribution is 2.45. The molecular weight excluding hydrogens is 624 g/mol. The minimum Gasteiger partial charge on any atom is -0.495 e. The molecule has 2 aromatic rings. The van der Waals surface area contributed by atoms with E-state index in [2.05, 4.69) is 10.6 Å². The van der Waals surface area contributed by atoms with Gasteiger partial charge in [-0.05, 0) is 62.3 Å². The minimum absolute atomic E-state index is 0.0368. The second kappa shape index (κ2) is 16.0. The number of methoxy groups -OCH3 is 1. The fourth-order valence-corrected chi connectivity index (χ4v) is 6.01. The van der Waals surface area contributed by atoms with E-state index in [4.69, 9.17) is 30.5 Å². The van der Waals surface area contributed by atoms with Crippen molar-refractivity contribution in [1.29, 1.82) is 0 Å². The van der Waals surface area contributed by atoms with Crippen LogP contribution in [0.4, 0.5) is 0 Å². The third-order valence-corrected chi connectivity index (χ3v) is 8.98. The van der Waals surface area contributed by atoms with Gasteiger partial charge in [0.25, 0.3) is 0 Å². The van der Waals surface area contributed by atoms with Gasteiger partial charge in [0.1, 0.15) is 24.0 Å². The van der Waals surface area contributed by atoms with Gasteiger partial charge in [-0.2, -0.15) is 0 Å². The van der Waals surface area contributed by atoms with Crippen molar-refractivity contribution in [3.63, 3.8) is 0 Å². The lowest BCUT2D eigenvalue weighted by atomic mass is 9.92. The summed E-state index contributed by atoms with van der Waals surface area (Å²) in [5.41, 5.74) is 0.580. The van der Waals surface area contributed by atoms with Crippen LogP contribution < -0.4 is 15.4 Å². The summed E-state index contributed by atoms with van der Waals surface area (Å²) in [6, 6.07) is 14.1. The number of esters is 2. The van der Waals surface area contributed by atoms with E-state index in [1.54, 1.807) is 32.0 Å². The standard InChI is InChI=1S/C36H47ClN2O8/c1-21(2)17-29-34(42)45-27(22(3)31-32(47-31)24-11-8-7-9-12-24)13-10-14-30(40)39-26(19-23-15-16-28(44-6)25(37)18-23)33(41)38-20-36(4,5)35(43)46-29/h7-9,11-12,15-16,18,21-22,26-27,29,31-32H,10,13-14,17,19-20H2,1-6H3,(H,38,41)(H,39,40)/t22-,26-,27-,29-,31+,32+/m0/s1. The molecule has 256 valence electrons. The van der Waals surface area contributed by atoms with Crippen LogP contribution >= 0.6 is 11.6 Å². The van der Waals surface area contributed by atoms with Gasteiger partial charge in [-0.15, -0.1) is 0 Å². The lowest BCUT2D eigenvalue weighted by molar-refractivity contribution is -0.179. The highest BCUT2D eigenvalue weighted by Gasteiger charge is 2.48. The van der Waals surface area contributed by atoms with Crippen LogP contribution in [0.3, 0.4) is 0 Å². The van der Waals surface area contributed by atoms with Crippen LogP contribution in [-0.2, 0) is 39.8 Å². The Bertz CT molecular complexity index is 1410. The lowest BCUT2D eigenvalue weighted by Gasteiger charge is -2.30. The van der Waals surface area contributed by atoms with Gasteiger partial charge in [-0.1, -0.05) is 68.8 Å². The molecule has 0 unspecified atom stereocenters. The molecule has 2 fully saturated rings. The summed E-state index contributed by atoms with van der Waals surface area (Å²) in [4.78, 5) is 53.7. The number of ether oxygens (including phenoxy) is 4. The largest absolute Gasteiger partial charge is 0.495 e. The van der Waals surface area contributed by atoms with Crippen molar-refractivity contribution in [2.45, 2.75) is 97.2 Å². The Labute approximate surface area is 282 Å². The van der Waals surface area contributed by atoms with E-state index in [1.807, 2.05) is 51.1 Å². The molecule has 0 aliphatic carbocycles. The number of hydrogen-bond acceptors (Lipinski definition) is 8. The Kier molecular flexibility index (Phi) is 12.3. The van der Waals surface area contributed by atoms with Gasteiger partial charge in [0.15, 0.2) is 6.10 Å². The third kappa shape index (κ3) is 9.93. The summed E-state index contributed by atoms with van der Waals surface area (Å²) in [7, 11) is 1.51. The number of benzene rings is 2. The molecule has 2 saturated heterocycles. The van der Waals surface area contributed by atoms with E-state index >= 15 is 0 Å². The van der Waals surface area contributed by atoms with Crippen LogP contribution in [0.25, 0.3) is 0 Å². The van der Waals surface area contributed by atoms with Crippen LogP contribution in [0.5, 0.6) is 5.75 Å². The first-order valence-corrected chi connectivity index (χ1v) is 16.7. The van der Waals surface area contributed by atoms with E-state index < -0.39 is 41.5 Å². The smallest absolute Gasteiger partial charge is 0.347 e. The summed E-state index contributed by atoms with van der Waals surface area (Å²) in [6.45, 7) is 9.02. The van der Waals surface area contributed by atoms with Gasteiger partial charge in [-0.25, -0.2) is 4.79 Å². The molecule has 2 aliphatic rings. The Balaban J connectivity index is 1.57. The number of hydrogen-bond donors (Lipinski definition) is 2. The zero-order valence-electron chi connectivity index (χ0n) is 28.0. The van der Waals surface area contributed by atoms with Gasteiger partial charge < -0.3 is 29.6 Å². The molecule has 2 heterocycles. The molecule has 10 nitrogen and oxygen atoms in total. The fraction of sp³-hybridized carbons (Fsp3) is 0.556. The maximum atomic E-state index is 13.6. The summed E-state index contributed by atoms with van der Waals surface area (Å²) < 4.78 is 23.2. The molecule has 0 spiro atoms. The van der Waals surface area contributed by atoms with Gasteiger partial charge >= 0.3 is 11.9 Å². The van der Waals surface area contributed by atoms with Gasteiger partial charge in [0.05, 0.1) is 23.7 Å². The van der Waals surface area contributed by atoms with Crippen LogP contribution in [0.1, 0.15) is 77.5 Å². The molecule has 0 radical (unpaired) electrons. The molecule has 4 rings (SSSR count). The zero-order valence-corrected chi connectivity index (χ0v) is 28.8. The molecule has 0 bridgehead atoms. The quantitative estimate of drug-likeness (QED) is 0.284. The number of epoxide rings is 1. The average Bonchev–Trinajstić information content (AvgIpc) is 3.83. The fourth-order valence-electron chi connectivity index (χ4n) is 5.73. The summed E-state index contributed by atoms with van der Waals surface area (Å²) >= 11 is 6.33. The van der Waals surface area contributed by atoms with Crippen LogP contribution in [-0.4, -0.2) is 61.8 Å². The van der Waals surface area contributed by atoms with Gasteiger partial charge in [-0.3, -0.25) is 14.4 Å². The zero-order chi connectivity index (χ0) is 34.3. The normalized spacial score (nSPS) is 26.4. The molecule has 0 aromatic heterocycles. The molecule has 2 N–H and O–H groups in total. The first-order chi connectivity index (χ1) is 22.3. The predicted octanol–water partition coefficient (Wildman–Crippen LogP) is 5.35. The number of cyclic esters (lactones) is 2. The van der Waals surface area contributed by atoms with Crippen molar-refractivity contribution >= 4 is 35.4 Å². The molecule has 2 aromatic carbocycles. The summed E-state index contributed by atoms with van der Waals surface area (Å²) in [5.74, 6) is -1.72. The molecule has 6 atom stereocenters. The van der Waals surface area contributed by atoms with Gasteiger partial charge in [0.2, 0.25) is 11.8 Å². The monoisotopic (exact) mass is 670 g/mol. The van der Waals surface area contributed by atoms with Crippen molar-refractivity contribution in [1.82, 2.24) is 10.6 Å². The lowest BCUT2D eigenvalue weighted by Crippen LogP contribution is -2.51. The third-order valence-electron chi connectivity index (χ3n) is 8.68. The second-order valence-electron chi connectivity index (χ2n) is 13.6. The molecule has 2 aliphatic heterocycles. The van der Waals surface area contributed by atoms with Crippen molar-refractivity contribution in [2.24, 2.45) is 17.3 Å². The first-order valence-electron chi connectivity index (χ1n) is 16.3. The maximum Gasteiger partial charge on any atom is 0.347 e. The summed E-state index contributed by atoms with van der Waals surface area (Å²) in [6.07, 6.45) is -0.701. The van der Waals surface area contributed by atoms with E-state index in [9.17, 15) is 19.2 Å². The van der Waals surface area contributed by atoms with E-state index in [0.29, 0.717) is 23.6 Å². The topological polar surface area (TPSA) is 133 Å². The molecule has 2 amide bonds. The van der Waals surface area contributed by atoms with Crippen LogP contribution in [0.15, 0.2) is 48.5 Å². The number of nitrogens with one attached hydrogen (secondary N) is 2. The predicted molar refractivity (Wildman–Crippen MR) is 177 cm³/mol. The Morgan fingerprint density at radius 1 is 1.02 bits per heavy atom. The molecule has 11 heteroatoms. The number of carbonyl (C=O) groups is 4. The Morgan fingerprint density at radius 3 is 2.40 bits per heavy atom. The van der Waals surface area contributed by atoms with E-state index in [0.717, 1.165) is 11.1 Å². The Morgan fingerprint density at radius 2 is 1.74 bits per heavy atom. The van der Waals surface area contributed by atoms with E-state index in [-0.39, 0.29) is 55.8 Å². The van der Waals surface area contributed by atoms with Crippen LogP contribution in [0, 0.1) is 17.3 Å². The number of amides is 2. The first kappa shape index (κ1) is 36.2. The van der Waals surface area contributed by atoms with Crippen molar-refractivity contribution < 1.29 is 38.1 Å². The molecule has 0 saturated carbocycles. The SMILES string of the molecule is COc1ccc(C[C@@H]2NC(=O)CCC[C@@H]([C@H](C)[C@H]3O[C@@H]3c3ccccc3)OC(=O)[C@H](CC(C)C)OC(=O)C(C)(C)CNC2=O)cc1Cl. The Hall–Kier alpha value is -3.63. The second-order valence-corrected chi connectivity index (χ2v) is 14.0. The number of halogens is 1. The van der Waals surface area contributed by atoms with Crippen molar-refractivity contribution in [3.8, 4) is 5.75 Å². The highest BCUT2D eigenvalue weighted by molar-refractivity contribution is 6.32. The summed E-state index contributed by atoms with van der Waals surface area (Å²) in [5, 5.41) is 6.03. The number of carbonyl (C=O) groups excluding carboxylic acids is 4. The maximum absolute atomic E-state index is 13.6. The average molecular weight is 671 g/mol. The highest BCUT2D eigenvalue weighted by atomic mass is 35.5. The molecule has 47 heavy (non-hydrogen) atoms. The van der Waals surface area contributed by atoms with Crippen LogP contribution in [0.2, 0.25) is 5.02 Å². The van der Waals surface area contributed by atoms with E-state index in [1.165, 1.54) is 7.11 Å². The minimum atomic E-state index is -1.18. The number of rotatable bonds is 8. The van der Waals surface area contributed by atoms with Gasteiger partial charge in [0, 0.05) is 25.3 Å². The van der Waals surface area contributed by atoms with Crippen molar-refractivity contribution in [2.75, 3.05) is 13.7 Å².